The second-order valence-electron chi connectivity index (χ2n) is 15.7. The van der Waals surface area contributed by atoms with E-state index in [1.54, 1.807) is 4.90 Å². The number of ether oxygens (including phenoxy) is 2. The molecule has 51 heavy (non-hydrogen) atoms. The van der Waals surface area contributed by atoms with Gasteiger partial charge in [0.15, 0.2) is 0 Å². The van der Waals surface area contributed by atoms with Gasteiger partial charge in [0.1, 0.15) is 24.1 Å². The quantitative estimate of drug-likeness (QED) is 0.324. The molecule has 1 aliphatic carbocycles. The number of aryl methyl sites for hydroxylation is 1. The fraction of sp³-hybridized carbons (Fsp3) is 0.564. The summed E-state index contributed by atoms with van der Waals surface area (Å²) in [5.74, 6) is 0.962. The molecule has 1 atom stereocenters. The molecule has 12 nitrogen and oxygen atoms in total. The molecule has 270 valence electrons. The Morgan fingerprint density at radius 3 is 2.43 bits per heavy atom. The van der Waals surface area contributed by atoms with Crippen LogP contribution in [0.25, 0.3) is 15.6 Å². The predicted molar refractivity (Wildman–Crippen MR) is 197 cm³/mol. The summed E-state index contributed by atoms with van der Waals surface area (Å²) in [5.41, 5.74) is 3.22. The normalized spacial score (nSPS) is 20.5. The number of carbonyl (C=O) groups excluding carboxylic acids is 2. The number of hydrogen-bond acceptors (Lipinski definition) is 9. The van der Waals surface area contributed by atoms with Crippen molar-refractivity contribution < 1.29 is 19.1 Å². The summed E-state index contributed by atoms with van der Waals surface area (Å²) in [7, 11) is 2.09. The fourth-order valence-electron chi connectivity index (χ4n) is 7.68. The van der Waals surface area contributed by atoms with Gasteiger partial charge in [-0.15, -0.1) is 0 Å². The van der Waals surface area contributed by atoms with Gasteiger partial charge < -0.3 is 33.9 Å². The summed E-state index contributed by atoms with van der Waals surface area (Å²) in [4.78, 5) is 51.1. The van der Waals surface area contributed by atoms with Crippen LogP contribution in [0.15, 0.2) is 36.4 Å². The van der Waals surface area contributed by atoms with Gasteiger partial charge in [-0.25, -0.2) is 11.4 Å². The number of piperazine rings is 2. The fourth-order valence-corrected chi connectivity index (χ4v) is 7.68. The van der Waals surface area contributed by atoms with Crippen LogP contribution in [-0.4, -0.2) is 121 Å². The molecule has 0 bridgehead atoms. The largest absolute Gasteiger partial charge is 0.462 e. The average molecular weight is 695 g/mol. The molecule has 3 aliphatic heterocycles. The van der Waals surface area contributed by atoms with Crippen molar-refractivity contribution in [1.29, 1.82) is 0 Å². The zero-order valence-corrected chi connectivity index (χ0v) is 30.7. The molecule has 12 heteroatoms. The molecule has 7 rings (SSSR count). The Kier molecular flexibility index (Phi) is 9.44. The summed E-state index contributed by atoms with van der Waals surface area (Å²) in [6.45, 7) is 21.8. The minimum absolute atomic E-state index is 0.164. The highest BCUT2D eigenvalue weighted by Gasteiger charge is 2.53. The van der Waals surface area contributed by atoms with Gasteiger partial charge in [-0.1, -0.05) is 30.3 Å². The van der Waals surface area contributed by atoms with Gasteiger partial charge in [0, 0.05) is 69.0 Å². The van der Waals surface area contributed by atoms with Crippen LogP contribution in [0.1, 0.15) is 50.4 Å². The van der Waals surface area contributed by atoms with Crippen molar-refractivity contribution in [3.8, 4) is 6.01 Å². The van der Waals surface area contributed by atoms with Crippen molar-refractivity contribution in [3.05, 3.63) is 64.6 Å². The summed E-state index contributed by atoms with van der Waals surface area (Å²) in [5, 5.41) is 2.45. The minimum Gasteiger partial charge on any atom is -0.462 e. The van der Waals surface area contributed by atoms with E-state index in [1.807, 2.05) is 25.7 Å². The lowest BCUT2D eigenvalue weighted by molar-refractivity contribution is -0.139. The smallest absolute Gasteiger partial charge is 0.410 e. The van der Waals surface area contributed by atoms with Gasteiger partial charge in [0.2, 0.25) is 12.5 Å². The van der Waals surface area contributed by atoms with Crippen LogP contribution in [0.4, 0.5) is 16.3 Å². The van der Waals surface area contributed by atoms with Crippen molar-refractivity contribution in [3.63, 3.8) is 0 Å². The number of likely N-dealkylation sites (N-methyl/N-ethyl adjacent to an activating group) is 1. The Hall–Kier alpha value is -4.63. The molecule has 0 spiro atoms. The number of aromatic nitrogens is 2. The molecule has 1 aromatic heterocycles. The van der Waals surface area contributed by atoms with Gasteiger partial charge in [0.05, 0.1) is 17.7 Å². The maximum Gasteiger partial charge on any atom is 0.410 e. The topological polar surface area (TPSA) is 98.9 Å². The number of nitrogens with zero attached hydrogens (tertiary/aromatic N) is 8. The molecule has 4 aliphatic rings. The lowest BCUT2D eigenvalue weighted by Gasteiger charge is -2.41. The summed E-state index contributed by atoms with van der Waals surface area (Å²) < 4.78 is 12.1. The first-order valence-electron chi connectivity index (χ1n) is 18.3. The van der Waals surface area contributed by atoms with Crippen LogP contribution in [0.5, 0.6) is 6.01 Å². The van der Waals surface area contributed by atoms with E-state index in [9.17, 15) is 9.59 Å². The van der Waals surface area contributed by atoms with E-state index in [-0.39, 0.29) is 31.1 Å². The van der Waals surface area contributed by atoms with E-state index >= 15 is 0 Å². The van der Waals surface area contributed by atoms with Crippen LogP contribution in [-0.2, 0) is 22.5 Å². The zero-order valence-electron chi connectivity index (χ0n) is 30.7. The molecule has 2 aromatic carbocycles. The van der Waals surface area contributed by atoms with E-state index in [1.165, 1.54) is 22.0 Å². The summed E-state index contributed by atoms with van der Waals surface area (Å²) in [6, 6.07) is 12.8. The van der Waals surface area contributed by atoms with Crippen molar-refractivity contribution in [2.75, 3.05) is 82.4 Å². The van der Waals surface area contributed by atoms with E-state index < -0.39 is 17.1 Å². The summed E-state index contributed by atoms with van der Waals surface area (Å²) in [6.07, 6.45) is 1.94. The number of rotatable bonds is 7. The highest BCUT2D eigenvalue weighted by atomic mass is 16.6. The highest BCUT2D eigenvalue weighted by molar-refractivity contribution is 5.97. The third-order valence-corrected chi connectivity index (χ3v) is 10.7. The Labute approximate surface area is 301 Å². The van der Waals surface area contributed by atoms with E-state index in [2.05, 4.69) is 69.9 Å². The molecule has 3 fully saturated rings. The van der Waals surface area contributed by atoms with Gasteiger partial charge in [-0.3, -0.25) is 9.69 Å². The first-order valence-corrected chi connectivity index (χ1v) is 18.3. The Morgan fingerprint density at radius 1 is 0.980 bits per heavy atom. The van der Waals surface area contributed by atoms with Gasteiger partial charge >= 0.3 is 12.1 Å². The molecule has 0 N–H and O–H groups in total. The van der Waals surface area contributed by atoms with Crippen molar-refractivity contribution in [2.45, 2.75) is 65.1 Å². The Bertz CT molecular complexity index is 1830. The van der Waals surface area contributed by atoms with Gasteiger partial charge in [0.25, 0.3) is 0 Å². The molecule has 4 heterocycles. The van der Waals surface area contributed by atoms with Crippen molar-refractivity contribution in [2.24, 2.45) is 5.41 Å². The number of amides is 2. The first-order chi connectivity index (χ1) is 24.4. The third-order valence-electron chi connectivity index (χ3n) is 10.7. The van der Waals surface area contributed by atoms with Gasteiger partial charge in [-0.2, -0.15) is 9.97 Å². The predicted octanol–water partition coefficient (Wildman–Crippen LogP) is 4.78. The SMILES string of the molecule is [C-]#[N+]CC1CN(c2nc(OCC3(C(=O)N4CCN(C)CC4)CC3)nc3c2CCN(c2cccc4cccc(C)c24)C3)CCN1C(=O)OC(C)(C)C. The second-order valence-corrected chi connectivity index (χ2v) is 15.7. The minimum atomic E-state index is -0.631. The van der Waals surface area contributed by atoms with E-state index in [4.69, 9.17) is 26.0 Å². The lowest BCUT2D eigenvalue weighted by atomic mass is 9.99. The van der Waals surface area contributed by atoms with Crippen LogP contribution in [0, 0.1) is 18.9 Å². The van der Waals surface area contributed by atoms with Crippen molar-refractivity contribution in [1.82, 2.24) is 24.7 Å². The second kappa shape index (κ2) is 13.8. The van der Waals surface area contributed by atoms with Crippen LogP contribution in [0.3, 0.4) is 0 Å². The zero-order chi connectivity index (χ0) is 35.9. The first kappa shape index (κ1) is 34.8. The lowest BCUT2D eigenvalue weighted by Crippen LogP contribution is -2.57. The molecule has 1 saturated carbocycles. The molecular weight excluding hydrogens is 644 g/mol. The molecular formula is C39H50N8O4. The van der Waals surface area contributed by atoms with Crippen LogP contribution < -0.4 is 14.5 Å². The number of carbonyl (C=O) groups is 2. The third kappa shape index (κ3) is 7.27. The Balaban J connectivity index is 1.18. The number of fused-ring (bicyclic) bond motifs is 2. The van der Waals surface area contributed by atoms with E-state index in [0.717, 1.165) is 69.1 Å². The highest BCUT2D eigenvalue weighted by Crippen LogP contribution is 2.48. The average Bonchev–Trinajstić information content (AvgIpc) is 3.90. The van der Waals surface area contributed by atoms with Crippen LogP contribution >= 0.6 is 0 Å². The number of anilines is 2. The van der Waals surface area contributed by atoms with Crippen LogP contribution in [0.2, 0.25) is 0 Å². The molecule has 2 amide bonds. The van der Waals surface area contributed by atoms with E-state index in [0.29, 0.717) is 26.2 Å². The molecule has 3 aromatic rings. The number of benzene rings is 2. The molecule has 0 radical (unpaired) electrons. The van der Waals surface area contributed by atoms with Gasteiger partial charge in [-0.05, 0) is 71.0 Å². The Morgan fingerprint density at radius 2 is 1.73 bits per heavy atom. The molecule has 2 saturated heterocycles. The molecule has 1 unspecified atom stereocenters. The maximum atomic E-state index is 13.7. The standard InChI is InChI=1S/C39H50N8O4/c1-27-9-7-10-28-11-8-12-32(33(27)28)45-16-13-30-31(25-45)41-36(50-26-39(14-15-39)35(48)44-19-17-43(6)18-20-44)42-34(30)46-21-22-47(29(24-46)23-40-5)37(49)51-38(2,3)4/h7-12,29H,13-26H2,1-4,6H3. The number of hydrogen-bond donors (Lipinski definition) is 0. The monoisotopic (exact) mass is 694 g/mol. The van der Waals surface area contributed by atoms with Crippen molar-refractivity contribution >= 4 is 34.3 Å². The summed E-state index contributed by atoms with van der Waals surface area (Å²) >= 11 is 0. The maximum absolute atomic E-state index is 13.7.